The lowest BCUT2D eigenvalue weighted by molar-refractivity contribution is 0.155. The van der Waals surface area contributed by atoms with Crippen molar-refractivity contribution in [2.24, 2.45) is 4.99 Å². The van der Waals surface area contributed by atoms with Crippen LogP contribution in [0.2, 0.25) is 17.6 Å². The van der Waals surface area contributed by atoms with Gasteiger partial charge in [0, 0.05) is 49.6 Å². The summed E-state index contributed by atoms with van der Waals surface area (Å²) in [5, 5.41) is 4.00. The van der Waals surface area contributed by atoms with E-state index in [2.05, 4.69) is 16.9 Å². The molecule has 1 heterocycles. The molecule has 2 rings (SSSR count). The summed E-state index contributed by atoms with van der Waals surface area (Å²) in [4.78, 5) is 4.45. The van der Waals surface area contributed by atoms with Crippen molar-refractivity contribution >= 4 is 26.4 Å². The molecule has 1 aliphatic rings. The highest BCUT2D eigenvalue weighted by molar-refractivity contribution is 6.66. The Morgan fingerprint density at radius 3 is 2.71 bits per heavy atom. The lowest BCUT2D eigenvalue weighted by Gasteiger charge is -2.29. The molecule has 0 spiro atoms. The van der Waals surface area contributed by atoms with E-state index >= 15 is 0 Å². The van der Waals surface area contributed by atoms with Gasteiger partial charge in [0.2, 0.25) is 0 Å². The van der Waals surface area contributed by atoms with E-state index in [0.29, 0.717) is 0 Å². The van der Waals surface area contributed by atoms with E-state index in [9.17, 15) is 0 Å². The second-order valence-corrected chi connectivity index (χ2v) is 8.99. The Morgan fingerprint density at radius 2 is 2.00 bits per heavy atom. The first kappa shape index (κ1) is 16.6. The van der Waals surface area contributed by atoms with Gasteiger partial charge in [0.15, 0.2) is 0 Å². The Labute approximate surface area is 132 Å². The molecular formula is C15H23ClN2O2Si. The third kappa shape index (κ3) is 5.88. The van der Waals surface area contributed by atoms with Gasteiger partial charge < -0.3 is 14.2 Å². The molecule has 0 bridgehead atoms. The van der Waals surface area contributed by atoms with Crippen molar-refractivity contribution in [3.05, 3.63) is 34.9 Å². The van der Waals surface area contributed by atoms with Gasteiger partial charge in [-0.1, -0.05) is 29.8 Å². The Hall–Kier alpha value is -0.723. The Bertz CT molecular complexity index is 463. The molecule has 4 nitrogen and oxygen atoms in total. The van der Waals surface area contributed by atoms with Gasteiger partial charge >= 0.3 is 8.56 Å². The summed E-state index contributed by atoms with van der Waals surface area (Å²) in [6.07, 6.45) is 2.83. The van der Waals surface area contributed by atoms with Crippen LogP contribution in [0.25, 0.3) is 0 Å². The molecule has 1 aromatic carbocycles. The number of hydrogen-bond acceptors (Lipinski definition) is 4. The minimum Gasteiger partial charge on any atom is -0.393 e. The summed E-state index contributed by atoms with van der Waals surface area (Å²) in [6, 6.07) is 8.71. The standard InChI is InChI=1S/C15H23ClN2O2Si/c1-21(19-10-8-17-9-11-20-21)12-4-7-18-13-14-5-2-3-6-15(14)16/h2-3,5-6,13,17H,4,7-12H2,1H3. The SMILES string of the molecule is C[Si]1(CCCN=Cc2ccccc2Cl)OCCNCCO1. The highest BCUT2D eigenvalue weighted by Gasteiger charge is 2.31. The third-order valence-electron chi connectivity index (χ3n) is 3.43. The topological polar surface area (TPSA) is 42.8 Å². The Morgan fingerprint density at radius 1 is 1.29 bits per heavy atom. The van der Waals surface area contributed by atoms with Crippen molar-refractivity contribution in [2.45, 2.75) is 19.0 Å². The predicted molar refractivity (Wildman–Crippen MR) is 89.7 cm³/mol. The smallest absolute Gasteiger partial charge is 0.335 e. The maximum atomic E-state index is 6.08. The molecular weight excluding hydrogens is 304 g/mol. The number of hydrogen-bond donors (Lipinski definition) is 1. The summed E-state index contributed by atoms with van der Waals surface area (Å²) in [5.74, 6) is 0. The zero-order valence-corrected chi connectivity index (χ0v) is 14.2. The first-order chi connectivity index (χ1) is 10.2. The van der Waals surface area contributed by atoms with Crippen molar-refractivity contribution in [2.75, 3.05) is 32.8 Å². The molecule has 0 aliphatic carbocycles. The van der Waals surface area contributed by atoms with Crippen molar-refractivity contribution < 1.29 is 8.85 Å². The van der Waals surface area contributed by atoms with Crippen molar-refractivity contribution in [3.8, 4) is 0 Å². The summed E-state index contributed by atoms with van der Waals surface area (Å²) < 4.78 is 11.9. The number of nitrogens with one attached hydrogen (secondary N) is 1. The van der Waals surface area contributed by atoms with Crippen molar-refractivity contribution in [3.63, 3.8) is 0 Å². The predicted octanol–water partition coefficient (Wildman–Crippen LogP) is 2.86. The molecule has 0 unspecified atom stereocenters. The second-order valence-electron chi connectivity index (χ2n) is 5.24. The lowest BCUT2D eigenvalue weighted by Crippen LogP contribution is -2.45. The summed E-state index contributed by atoms with van der Waals surface area (Å²) in [7, 11) is -2.00. The highest BCUT2D eigenvalue weighted by Crippen LogP contribution is 2.17. The summed E-state index contributed by atoms with van der Waals surface area (Å²) >= 11 is 6.08. The third-order valence-corrected chi connectivity index (χ3v) is 6.66. The van der Waals surface area contributed by atoms with Gasteiger partial charge in [-0.15, -0.1) is 0 Å². The van der Waals surface area contributed by atoms with Crippen LogP contribution in [-0.2, 0) is 8.85 Å². The maximum absolute atomic E-state index is 6.08. The van der Waals surface area contributed by atoms with E-state index in [4.69, 9.17) is 20.5 Å². The fraction of sp³-hybridized carbons (Fsp3) is 0.533. The summed E-state index contributed by atoms with van der Waals surface area (Å²) in [5.41, 5.74) is 0.965. The Balaban J connectivity index is 1.74. The number of nitrogens with zero attached hydrogens (tertiary/aromatic N) is 1. The average molecular weight is 327 g/mol. The van der Waals surface area contributed by atoms with E-state index in [1.54, 1.807) is 0 Å². The van der Waals surface area contributed by atoms with Gasteiger partial charge in [-0.3, -0.25) is 4.99 Å². The van der Waals surface area contributed by atoms with Crippen molar-refractivity contribution in [1.29, 1.82) is 0 Å². The second kappa shape index (κ2) is 8.65. The molecule has 1 N–H and O–H groups in total. The quantitative estimate of drug-likeness (QED) is 0.514. The maximum Gasteiger partial charge on any atom is 0.335 e. The van der Waals surface area contributed by atoms with Gasteiger partial charge in [0.05, 0.1) is 0 Å². The van der Waals surface area contributed by atoms with E-state index in [0.717, 1.165) is 55.9 Å². The molecule has 1 saturated heterocycles. The minimum atomic E-state index is -2.00. The fourth-order valence-electron chi connectivity index (χ4n) is 2.22. The van der Waals surface area contributed by atoms with Gasteiger partial charge in [-0.2, -0.15) is 0 Å². The van der Waals surface area contributed by atoms with Gasteiger partial charge in [-0.05, 0) is 25.1 Å². The number of benzene rings is 1. The van der Waals surface area contributed by atoms with Crippen LogP contribution in [0.15, 0.2) is 29.3 Å². The van der Waals surface area contributed by atoms with E-state index in [-0.39, 0.29) is 0 Å². The van der Waals surface area contributed by atoms with Crippen LogP contribution >= 0.6 is 11.6 Å². The van der Waals surface area contributed by atoms with Gasteiger partial charge in [-0.25, -0.2) is 0 Å². The molecule has 6 heteroatoms. The molecule has 1 fully saturated rings. The molecule has 0 radical (unpaired) electrons. The fourth-order valence-corrected chi connectivity index (χ4v) is 4.65. The van der Waals surface area contributed by atoms with E-state index in [1.165, 1.54) is 0 Å². The molecule has 0 atom stereocenters. The Kier molecular flexibility index (Phi) is 6.86. The van der Waals surface area contributed by atoms with Crippen LogP contribution in [0, 0.1) is 0 Å². The van der Waals surface area contributed by atoms with Crippen LogP contribution in [0.1, 0.15) is 12.0 Å². The van der Waals surface area contributed by atoms with Crippen LogP contribution in [0.5, 0.6) is 0 Å². The van der Waals surface area contributed by atoms with Crippen LogP contribution in [0.4, 0.5) is 0 Å². The van der Waals surface area contributed by atoms with Crippen LogP contribution in [0.3, 0.4) is 0 Å². The van der Waals surface area contributed by atoms with Gasteiger partial charge in [0.1, 0.15) is 0 Å². The lowest BCUT2D eigenvalue weighted by atomic mass is 10.2. The molecule has 21 heavy (non-hydrogen) atoms. The first-order valence-corrected chi connectivity index (χ1v) is 10.3. The average Bonchev–Trinajstić information content (AvgIpc) is 2.45. The van der Waals surface area contributed by atoms with E-state index < -0.39 is 8.56 Å². The monoisotopic (exact) mass is 326 g/mol. The zero-order valence-electron chi connectivity index (χ0n) is 12.5. The molecule has 1 aliphatic heterocycles. The first-order valence-electron chi connectivity index (χ1n) is 7.43. The van der Waals surface area contributed by atoms with Crippen LogP contribution in [-0.4, -0.2) is 47.6 Å². The number of rotatable bonds is 5. The van der Waals surface area contributed by atoms with Crippen molar-refractivity contribution in [1.82, 2.24) is 5.32 Å². The highest BCUT2D eigenvalue weighted by atomic mass is 35.5. The van der Waals surface area contributed by atoms with Crippen LogP contribution < -0.4 is 5.32 Å². The van der Waals surface area contributed by atoms with E-state index in [1.807, 2.05) is 30.5 Å². The normalized spacial score (nSPS) is 19.3. The molecule has 0 amide bonds. The molecule has 0 aromatic heterocycles. The minimum absolute atomic E-state index is 0.738. The largest absolute Gasteiger partial charge is 0.393 e. The zero-order chi connectivity index (χ0) is 15.0. The van der Waals surface area contributed by atoms with Gasteiger partial charge in [0.25, 0.3) is 0 Å². The molecule has 0 saturated carbocycles. The summed E-state index contributed by atoms with van der Waals surface area (Å²) in [6.45, 7) is 6.24. The number of aliphatic imine (C=N–C) groups is 1. The number of halogens is 1. The molecule has 1 aromatic rings. The molecule has 116 valence electrons.